The molecule has 1 heteroatoms. The quantitative estimate of drug-likeness (QED) is 0.616. The molecule has 0 fully saturated rings. The van der Waals surface area contributed by atoms with Crippen LogP contribution in [-0.2, 0) is 6.42 Å². The largest absolute Gasteiger partial charge is 0.293 e. The first kappa shape index (κ1) is 13.3. The van der Waals surface area contributed by atoms with Gasteiger partial charge in [0.15, 0.2) is 5.78 Å². The summed E-state index contributed by atoms with van der Waals surface area (Å²) in [4.78, 5) is 13.0. The summed E-state index contributed by atoms with van der Waals surface area (Å²) in [5.74, 6) is 0.262. The normalized spacial score (nSPS) is 17.0. The van der Waals surface area contributed by atoms with Crippen molar-refractivity contribution in [1.29, 1.82) is 0 Å². The van der Waals surface area contributed by atoms with Crippen molar-refractivity contribution in [3.8, 4) is 0 Å². The van der Waals surface area contributed by atoms with Gasteiger partial charge in [-0.05, 0) is 53.3 Å². The zero-order valence-electron chi connectivity index (χ0n) is 12.9. The summed E-state index contributed by atoms with van der Waals surface area (Å²) in [6, 6.07) is 18.6. The molecule has 0 bridgehead atoms. The Balaban J connectivity index is 1.96. The number of Topliss-reactive ketones (excluding diaryl/α,β-unsaturated/α-hetero) is 1. The van der Waals surface area contributed by atoms with Crippen LogP contribution in [0.3, 0.4) is 0 Å². The second-order valence-corrected chi connectivity index (χ2v) is 6.18. The number of carbonyl (C=O) groups excluding carboxylic acids is 1. The van der Waals surface area contributed by atoms with E-state index >= 15 is 0 Å². The van der Waals surface area contributed by atoms with E-state index in [0.29, 0.717) is 0 Å². The summed E-state index contributed by atoms with van der Waals surface area (Å²) in [5, 5.41) is 2.49. The molecule has 1 aliphatic carbocycles. The number of aryl methyl sites for hydroxylation is 2. The van der Waals surface area contributed by atoms with E-state index in [1.54, 1.807) is 0 Å². The molecule has 0 spiro atoms. The van der Waals surface area contributed by atoms with Crippen LogP contribution in [0.2, 0.25) is 0 Å². The first-order chi connectivity index (χ1) is 10.7. The zero-order chi connectivity index (χ0) is 15.3. The standard InChI is InChI=1S/C21H18O/c1-13-16-10-6-7-11-17(16)14(2)20-18(13)12-19(21(20)22)15-8-4-3-5-9-15/h3-11,19H,12H2,1-2H3. The molecule has 0 aromatic heterocycles. The van der Waals surface area contributed by atoms with Gasteiger partial charge in [-0.2, -0.15) is 0 Å². The summed E-state index contributed by atoms with van der Waals surface area (Å²) in [7, 11) is 0. The second-order valence-electron chi connectivity index (χ2n) is 6.18. The van der Waals surface area contributed by atoms with Gasteiger partial charge in [0.25, 0.3) is 0 Å². The number of carbonyl (C=O) groups is 1. The smallest absolute Gasteiger partial charge is 0.171 e. The lowest BCUT2D eigenvalue weighted by Crippen LogP contribution is -2.07. The lowest BCUT2D eigenvalue weighted by atomic mass is 9.92. The lowest BCUT2D eigenvalue weighted by molar-refractivity contribution is 0.0972. The molecule has 0 aliphatic heterocycles. The highest BCUT2D eigenvalue weighted by molar-refractivity contribution is 6.11. The molecule has 3 aromatic carbocycles. The van der Waals surface area contributed by atoms with E-state index in [9.17, 15) is 4.79 Å². The minimum Gasteiger partial charge on any atom is -0.293 e. The van der Waals surface area contributed by atoms with Gasteiger partial charge in [0, 0.05) is 5.56 Å². The van der Waals surface area contributed by atoms with E-state index in [0.717, 1.165) is 23.1 Å². The third-order valence-electron chi connectivity index (χ3n) is 5.04. The Labute approximate surface area is 130 Å². The molecule has 0 N–H and O–H groups in total. The third kappa shape index (κ3) is 1.75. The highest BCUT2D eigenvalue weighted by Crippen LogP contribution is 2.41. The number of ketones is 1. The summed E-state index contributed by atoms with van der Waals surface area (Å²) in [6.07, 6.45) is 0.829. The Morgan fingerprint density at radius 2 is 1.41 bits per heavy atom. The highest BCUT2D eigenvalue weighted by atomic mass is 16.1. The minimum atomic E-state index is -0.0228. The molecule has 108 valence electrons. The summed E-state index contributed by atoms with van der Waals surface area (Å²) in [6.45, 7) is 4.24. The van der Waals surface area contributed by atoms with Crippen LogP contribution in [0.25, 0.3) is 10.8 Å². The molecule has 0 amide bonds. The molecule has 3 aromatic rings. The molecule has 0 saturated heterocycles. The maximum atomic E-state index is 13.0. The van der Waals surface area contributed by atoms with Gasteiger partial charge >= 0.3 is 0 Å². The fraction of sp³-hybridized carbons (Fsp3) is 0.190. The molecular weight excluding hydrogens is 268 g/mol. The third-order valence-corrected chi connectivity index (χ3v) is 5.04. The van der Waals surface area contributed by atoms with Crippen molar-refractivity contribution in [1.82, 2.24) is 0 Å². The average Bonchev–Trinajstić information content (AvgIpc) is 2.91. The van der Waals surface area contributed by atoms with Crippen LogP contribution < -0.4 is 0 Å². The van der Waals surface area contributed by atoms with Crippen LogP contribution in [0, 0.1) is 13.8 Å². The van der Waals surface area contributed by atoms with Crippen LogP contribution >= 0.6 is 0 Å². The molecular formula is C21H18O. The van der Waals surface area contributed by atoms with Gasteiger partial charge in [0.2, 0.25) is 0 Å². The molecule has 1 aliphatic rings. The Morgan fingerprint density at radius 3 is 2.09 bits per heavy atom. The van der Waals surface area contributed by atoms with Gasteiger partial charge in [-0.3, -0.25) is 4.79 Å². The molecule has 1 unspecified atom stereocenters. The first-order valence-electron chi connectivity index (χ1n) is 7.78. The molecule has 0 saturated carbocycles. The summed E-state index contributed by atoms with van der Waals surface area (Å²) in [5.41, 5.74) is 5.74. The Morgan fingerprint density at radius 1 is 0.818 bits per heavy atom. The Hall–Kier alpha value is -2.41. The van der Waals surface area contributed by atoms with Crippen LogP contribution in [0.5, 0.6) is 0 Å². The van der Waals surface area contributed by atoms with Gasteiger partial charge < -0.3 is 0 Å². The van der Waals surface area contributed by atoms with Crippen molar-refractivity contribution in [2.45, 2.75) is 26.2 Å². The van der Waals surface area contributed by atoms with Crippen molar-refractivity contribution >= 4 is 16.6 Å². The lowest BCUT2D eigenvalue weighted by Gasteiger charge is -2.12. The molecule has 0 radical (unpaired) electrons. The number of benzene rings is 3. The fourth-order valence-corrected chi connectivity index (χ4v) is 3.86. The number of hydrogen-bond donors (Lipinski definition) is 0. The molecule has 4 rings (SSSR count). The van der Waals surface area contributed by atoms with E-state index in [1.165, 1.54) is 21.9 Å². The zero-order valence-corrected chi connectivity index (χ0v) is 12.9. The van der Waals surface area contributed by atoms with Crippen LogP contribution in [0.1, 0.15) is 38.5 Å². The van der Waals surface area contributed by atoms with Crippen molar-refractivity contribution < 1.29 is 4.79 Å². The predicted molar refractivity (Wildman–Crippen MR) is 90.6 cm³/mol. The van der Waals surface area contributed by atoms with Gasteiger partial charge in [-0.15, -0.1) is 0 Å². The summed E-state index contributed by atoms with van der Waals surface area (Å²) >= 11 is 0. The molecule has 0 heterocycles. The monoisotopic (exact) mass is 286 g/mol. The van der Waals surface area contributed by atoms with E-state index < -0.39 is 0 Å². The van der Waals surface area contributed by atoms with E-state index in [-0.39, 0.29) is 11.7 Å². The molecule has 1 atom stereocenters. The van der Waals surface area contributed by atoms with Gasteiger partial charge in [-0.1, -0.05) is 54.6 Å². The van der Waals surface area contributed by atoms with Crippen LogP contribution in [-0.4, -0.2) is 5.78 Å². The van der Waals surface area contributed by atoms with E-state index in [2.05, 4.69) is 50.2 Å². The van der Waals surface area contributed by atoms with Crippen LogP contribution in [0.15, 0.2) is 54.6 Å². The number of hydrogen-bond acceptors (Lipinski definition) is 1. The minimum absolute atomic E-state index is 0.0228. The maximum absolute atomic E-state index is 13.0. The summed E-state index contributed by atoms with van der Waals surface area (Å²) < 4.78 is 0. The van der Waals surface area contributed by atoms with Gasteiger partial charge in [0.1, 0.15) is 0 Å². The van der Waals surface area contributed by atoms with Gasteiger partial charge in [0.05, 0.1) is 5.92 Å². The van der Waals surface area contributed by atoms with Gasteiger partial charge in [-0.25, -0.2) is 0 Å². The number of rotatable bonds is 1. The van der Waals surface area contributed by atoms with Crippen molar-refractivity contribution in [3.05, 3.63) is 82.4 Å². The Kier molecular flexibility index (Phi) is 2.90. The topological polar surface area (TPSA) is 17.1 Å². The maximum Gasteiger partial charge on any atom is 0.171 e. The van der Waals surface area contributed by atoms with Crippen molar-refractivity contribution in [2.24, 2.45) is 0 Å². The second kappa shape index (κ2) is 4.81. The molecule has 1 nitrogen and oxygen atoms in total. The Bertz CT molecular complexity index is 891. The SMILES string of the molecule is Cc1c2c(c(C)c3ccccc13)C(=O)C(c1ccccc1)C2. The van der Waals surface area contributed by atoms with Crippen molar-refractivity contribution in [3.63, 3.8) is 0 Å². The van der Waals surface area contributed by atoms with E-state index in [1.807, 2.05) is 18.2 Å². The first-order valence-corrected chi connectivity index (χ1v) is 7.78. The number of fused-ring (bicyclic) bond motifs is 2. The average molecular weight is 286 g/mol. The highest BCUT2D eigenvalue weighted by Gasteiger charge is 2.34. The molecule has 22 heavy (non-hydrogen) atoms. The predicted octanol–water partition coefficient (Wildman–Crippen LogP) is 4.98. The van der Waals surface area contributed by atoms with Crippen molar-refractivity contribution in [2.75, 3.05) is 0 Å². The fourth-order valence-electron chi connectivity index (χ4n) is 3.86. The van der Waals surface area contributed by atoms with Crippen LogP contribution in [0.4, 0.5) is 0 Å². The van der Waals surface area contributed by atoms with E-state index in [4.69, 9.17) is 0 Å².